The smallest absolute Gasteiger partial charge is 0.247 e. The van der Waals surface area contributed by atoms with Crippen LogP contribution >= 0.6 is 11.3 Å². The van der Waals surface area contributed by atoms with E-state index in [1.807, 2.05) is 0 Å². The summed E-state index contributed by atoms with van der Waals surface area (Å²) in [5, 5.41) is 8.49. The van der Waals surface area contributed by atoms with Crippen molar-refractivity contribution in [2.24, 2.45) is 10.1 Å². The fraction of sp³-hybridized carbons (Fsp3) is 0.389. The molecule has 26 heavy (non-hydrogen) atoms. The molecule has 1 aliphatic heterocycles. The highest BCUT2D eigenvalue weighted by Gasteiger charge is 2.26. The number of nitrogens with two attached hydrogens (primary N) is 1. The van der Waals surface area contributed by atoms with Crippen molar-refractivity contribution in [3.8, 4) is 0 Å². The zero-order valence-electron chi connectivity index (χ0n) is 15.0. The van der Waals surface area contributed by atoms with Crippen molar-refractivity contribution in [2.75, 3.05) is 20.1 Å². The molecule has 0 radical (unpaired) electrons. The van der Waals surface area contributed by atoms with E-state index >= 15 is 0 Å². The number of thiophene rings is 1. The first-order valence-electron chi connectivity index (χ1n) is 8.51. The van der Waals surface area contributed by atoms with Gasteiger partial charge in [0.15, 0.2) is 5.96 Å². The Morgan fingerprint density at radius 1 is 1.35 bits per heavy atom. The van der Waals surface area contributed by atoms with Gasteiger partial charge in [-0.3, -0.25) is 4.99 Å². The van der Waals surface area contributed by atoms with E-state index in [9.17, 15) is 8.42 Å². The number of sulfonamides is 1. The van der Waals surface area contributed by atoms with Gasteiger partial charge >= 0.3 is 0 Å². The maximum absolute atomic E-state index is 11.4. The van der Waals surface area contributed by atoms with Crippen LogP contribution in [0.25, 0.3) is 0 Å². The van der Waals surface area contributed by atoms with E-state index in [0.29, 0.717) is 12.5 Å². The number of nitrogens with one attached hydrogen (secondary N) is 1. The van der Waals surface area contributed by atoms with E-state index in [-0.39, 0.29) is 4.21 Å². The average molecular weight is 393 g/mol. The highest BCUT2D eigenvalue weighted by atomic mass is 32.2. The molecular weight excluding hydrogens is 368 g/mol. The molecule has 0 amide bonds. The quantitative estimate of drug-likeness (QED) is 0.617. The van der Waals surface area contributed by atoms with Crippen molar-refractivity contribution in [1.82, 2.24) is 10.2 Å². The molecule has 0 saturated carbocycles. The number of hydrogen-bond donors (Lipinski definition) is 2. The summed E-state index contributed by atoms with van der Waals surface area (Å²) in [6.45, 7) is 4.56. The van der Waals surface area contributed by atoms with Crippen molar-refractivity contribution in [3.63, 3.8) is 0 Å². The fourth-order valence-electron chi connectivity index (χ4n) is 3.36. The number of aliphatic imine (C=N–C) groups is 1. The van der Waals surface area contributed by atoms with Gasteiger partial charge in [-0.15, -0.1) is 11.3 Å². The first kappa shape index (κ1) is 18.9. The van der Waals surface area contributed by atoms with Crippen LogP contribution in [0.4, 0.5) is 0 Å². The molecule has 1 aromatic heterocycles. The molecule has 1 saturated heterocycles. The third-order valence-electron chi connectivity index (χ3n) is 4.67. The van der Waals surface area contributed by atoms with Gasteiger partial charge in [0.25, 0.3) is 0 Å². The number of likely N-dealkylation sites (tertiary alicyclic amines) is 1. The van der Waals surface area contributed by atoms with Crippen LogP contribution in [0.3, 0.4) is 0 Å². The molecule has 1 aromatic carbocycles. The molecule has 1 atom stereocenters. The Kier molecular flexibility index (Phi) is 5.64. The molecule has 3 rings (SSSR count). The van der Waals surface area contributed by atoms with Crippen LogP contribution in [0.5, 0.6) is 0 Å². The summed E-state index contributed by atoms with van der Waals surface area (Å²) in [6.07, 6.45) is 1.10. The van der Waals surface area contributed by atoms with Crippen molar-refractivity contribution in [3.05, 3.63) is 52.4 Å². The second kappa shape index (κ2) is 7.77. The Labute approximate surface area is 158 Å². The van der Waals surface area contributed by atoms with Crippen LogP contribution in [0, 0.1) is 6.92 Å². The molecule has 1 unspecified atom stereocenters. The lowest BCUT2D eigenvalue weighted by molar-refractivity contribution is 0.486. The van der Waals surface area contributed by atoms with E-state index < -0.39 is 10.0 Å². The van der Waals surface area contributed by atoms with E-state index in [0.717, 1.165) is 30.3 Å². The predicted molar refractivity (Wildman–Crippen MR) is 106 cm³/mol. The highest BCUT2D eigenvalue weighted by molar-refractivity contribution is 7.91. The molecule has 6 nitrogen and oxygen atoms in total. The van der Waals surface area contributed by atoms with Crippen LogP contribution in [0.1, 0.15) is 28.3 Å². The van der Waals surface area contributed by atoms with Gasteiger partial charge in [0.1, 0.15) is 4.21 Å². The number of aryl methyl sites for hydroxylation is 1. The van der Waals surface area contributed by atoms with Crippen LogP contribution in [-0.2, 0) is 16.6 Å². The maximum Gasteiger partial charge on any atom is 0.247 e. The van der Waals surface area contributed by atoms with Gasteiger partial charge < -0.3 is 10.2 Å². The van der Waals surface area contributed by atoms with Gasteiger partial charge in [-0.2, -0.15) is 0 Å². The maximum atomic E-state index is 11.4. The Morgan fingerprint density at radius 2 is 2.12 bits per heavy atom. The van der Waals surface area contributed by atoms with Gasteiger partial charge in [-0.05, 0) is 36.6 Å². The van der Waals surface area contributed by atoms with Gasteiger partial charge in [-0.25, -0.2) is 13.6 Å². The van der Waals surface area contributed by atoms with Crippen molar-refractivity contribution < 1.29 is 8.42 Å². The lowest BCUT2D eigenvalue weighted by Gasteiger charge is -2.22. The first-order valence-corrected chi connectivity index (χ1v) is 10.9. The van der Waals surface area contributed by atoms with E-state index in [4.69, 9.17) is 5.14 Å². The minimum absolute atomic E-state index is 0.185. The molecule has 1 fully saturated rings. The van der Waals surface area contributed by atoms with E-state index in [1.54, 1.807) is 19.2 Å². The summed E-state index contributed by atoms with van der Waals surface area (Å²) < 4.78 is 23.0. The van der Waals surface area contributed by atoms with Gasteiger partial charge in [0.2, 0.25) is 10.0 Å². The molecule has 2 heterocycles. The van der Waals surface area contributed by atoms with Crippen molar-refractivity contribution in [1.29, 1.82) is 0 Å². The van der Waals surface area contributed by atoms with Crippen LogP contribution < -0.4 is 10.5 Å². The average Bonchev–Trinajstić information content (AvgIpc) is 3.25. The third-order valence-corrected chi connectivity index (χ3v) is 7.19. The summed E-state index contributed by atoms with van der Waals surface area (Å²) in [7, 11) is -1.86. The zero-order chi connectivity index (χ0) is 18.7. The number of primary sulfonamides is 1. The Hall–Kier alpha value is -1.90. The summed E-state index contributed by atoms with van der Waals surface area (Å²) in [5.41, 5.74) is 2.73. The lowest BCUT2D eigenvalue weighted by Crippen LogP contribution is -2.39. The molecular formula is C18H24N4O2S2. The standard InChI is InChI=1S/C18H24N4O2S2/c1-13-5-3-4-6-16(13)14-9-10-22(12-14)18(20-2)21-11-15-7-8-17(25-15)26(19,23)24/h3-8,14H,9-12H2,1-2H3,(H,20,21)(H2,19,23,24). The molecule has 3 N–H and O–H groups in total. The first-order chi connectivity index (χ1) is 12.4. The minimum Gasteiger partial charge on any atom is -0.351 e. The van der Waals surface area contributed by atoms with Gasteiger partial charge in [0.05, 0.1) is 6.54 Å². The number of guanidine groups is 1. The Balaban J connectivity index is 1.62. The number of benzene rings is 1. The largest absolute Gasteiger partial charge is 0.351 e. The summed E-state index contributed by atoms with van der Waals surface area (Å²) in [6, 6.07) is 11.9. The third kappa shape index (κ3) is 4.25. The number of rotatable bonds is 4. The fourth-order valence-corrected chi connectivity index (χ4v) is 5.07. The molecule has 0 spiro atoms. The predicted octanol–water partition coefficient (Wildman–Crippen LogP) is 2.27. The highest BCUT2D eigenvalue weighted by Crippen LogP contribution is 2.29. The van der Waals surface area contributed by atoms with Crippen LogP contribution in [0.15, 0.2) is 45.6 Å². The molecule has 1 aliphatic rings. The van der Waals surface area contributed by atoms with Gasteiger partial charge in [-0.1, -0.05) is 24.3 Å². The monoisotopic (exact) mass is 392 g/mol. The number of nitrogens with zero attached hydrogens (tertiary/aromatic N) is 2. The SMILES string of the molecule is CN=C(NCc1ccc(S(N)(=O)=O)s1)N1CCC(c2ccccc2C)C1. The molecule has 8 heteroatoms. The molecule has 0 aliphatic carbocycles. The second-order valence-corrected chi connectivity index (χ2v) is 9.41. The topological polar surface area (TPSA) is 87.8 Å². The zero-order valence-corrected chi connectivity index (χ0v) is 16.6. The normalized spacial score (nSPS) is 18.3. The molecule has 0 bridgehead atoms. The van der Waals surface area contributed by atoms with Crippen LogP contribution in [0.2, 0.25) is 0 Å². The Morgan fingerprint density at radius 3 is 2.77 bits per heavy atom. The van der Waals surface area contributed by atoms with E-state index in [2.05, 4.69) is 46.4 Å². The van der Waals surface area contributed by atoms with Gasteiger partial charge in [0, 0.05) is 30.9 Å². The lowest BCUT2D eigenvalue weighted by atomic mass is 9.94. The Bertz CT molecular complexity index is 905. The second-order valence-electron chi connectivity index (χ2n) is 6.45. The van der Waals surface area contributed by atoms with Crippen molar-refractivity contribution in [2.45, 2.75) is 30.0 Å². The van der Waals surface area contributed by atoms with Crippen LogP contribution in [-0.4, -0.2) is 39.4 Å². The van der Waals surface area contributed by atoms with E-state index in [1.165, 1.54) is 22.5 Å². The van der Waals surface area contributed by atoms with Crippen molar-refractivity contribution >= 4 is 27.3 Å². The minimum atomic E-state index is -3.63. The summed E-state index contributed by atoms with van der Waals surface area (Å²) in [4.78, 5) is 7.55. The molecule has 140 valence electrons. The summed E-state index contributed by atoms with van der Waals surface area (Å²) in [5.74, 6) is 1.34. The number of hydrogen-bond acceptors (Lipinski definition) is 4. The summed E-state index contributed by atoms with van der Waals surface area (Å²) >= 11 is 1.19. The molecule has 2 aromatic rings.